The highest BCUT2D eigenvalue weighted by Gasteiger charge is 2.33. The third kappa shape index (κ3) is 1.89. The molecular formula is C11H17N4+. The van der Waals surface area contributed by atoms with Crippen LogP contribution in [0.25, 0.3) is 0 Å². The molecule has 15 heavy (non-hydrogen) atoms. The van der Waals surface area contributed by atoms with Crippen LogP contribution in [0.5, 0.6) is 0 Å². The molecule has 0 aromatic carbocycles. The standard InChI is InChI=1S/C11H17N4/c1-7(2)9-5-6-10-12-11(8(3)4)14-15(10)13-9/h5-8,10H,1-4H3/q+1. The molecule has 2 rings (SSSR count). The third-order valence-electron chi connectivity index (χ3n) is 2.47. The Morgan fingerprint density at radius 2 is 1.93 bits per heavy atom. The summed E-state index contributed by atoms with van der Waals surface area (Å²) in [5.41, 5.74) is 1.07. The second-order valence-corrected chi connectivity index (χ2v) is 4.51. The Kier molecular flexibility index (Phi) is 2.50. The Bertz CT molecular complexity index is 385. The summed E-state index contributed by atoms with van der Waals surface area (Å²) in [5.74, 6) is 1.68. The normalized spacial score (nSPS) is 24.1. The molecule has 0 amide bonds. The van der Waals surface area contributed by atoms with Gasteiger partial charge in [0.15, 0.2) is 0 Å². The average molecular weight is 205 g/mol. The molecule has 80 valence electrons. The number of azo groups is 1. The fourth-order valence-corrected chi connectivity index (χ4v) is 1.49. The lowest BCUT2D eigenvalue weighted by molar-refractivity contribution is -0.612. The summed E-state index contributed by atoms with van der Waals surface area (Å²) in [6.07, 6.45) is 4.10. The lowest BCUT2D eigenvalue weighted by atomic mass is 10.1. The summed E-state index contributed by atoms with van der Waals surface area (Å²) in [6, 6.07) is 0. The first kappa shape index (κ1) is 10.2. The van der Waals surface area contributed by atoms with E-state index in [2.05, 4.69) is 49.0 Å². The van der Waals surface area contributed by atoms with Crippen molar-refractivity contribution in [3.8, 4) is 0 Å². The monoisotopic (exact) mass is 205 g/mol. The van der Waals surface area contributed by atoms with E-state index in [1.807, 2.05) is 6.08 Å². The fraction of sp³-hybridized carbons (Fsp3) is 0.636. The van der Waals surface area contributed by atoms with Crippen molar-refractivity contribution < 1.29 is 4.81 Å². The lowest BCUT2D eigenvalue weighted by Crippen LogP contribution is -2.21. The molecule has 4 nitrogen and oxygen atoms in total. The zero-order chi connectivity index (χ0) is 11.0. The van der Waals surface area contributed by atoms with Crippen molar-refractivity contribution in [2.24, 2.45) is 27.0 Å². The fourth-order valence-electron chi connectivity index (χ4n) is 1.49. The van der Waals surface area contributed by atoms with Crippen LogP contribution in [-0.2, 0) is 0 Å². The molecule has 2 aliphatic heterocycles. The molecule has 0 fully saturated rings. The second-order valence-electron chi connectivity index (χ2n) is 4.51. The maximum atomic E-state index is 4.49. The van der Waals surface area contributed by atoms with Crippen molar-refractivity contribution in [2.75, 3.05) is 0 Å². The quantitative estimate of drug-likeness (QED) is 0.621. The smallest absolute Gasteiger partial charge is 0.187 e. The largest absolute Gasteiger partial charge is 0.324 e. The van der Waals surface area contributed by atoms with E-state index >= 15 is 0 Å². The third-order valence-corrected chi connectivity index (χ3v) is 2.47. The van der Waals surface area contributed by atoms with Crippen LogP contribution in [0.2, 0.25) is 0 Å². The highest BCUT2D eigenvalue weighted by Crippen LogP contribution is 2.17. The summed E-state index contributed by atoms with van der Waals surface area (Å²) in [4.78, 5) is 6.20. The first-order valence-electron chi connectivity index (χ1n) is 5.43. The van der Waals surface area contributed by atoms with Gasteiger partial charge in [0, 0.05) is 28.1 Å². The van der Waals surface area contributed by atoms with Gasteiger partial charge in [0.2, 0.25) is 5.84 Å². The molecular weight excluding hydrogens is 188 g/mol. The topological polar surface area (TPSA) is 40.1 Å². The van der Waals surface area contributed by atoms with Crippen LogP contribution in [-0.4, -0.2) is 22.5 Å². The van der Waals surface area contributed by atoms with Crippen LogP contribution in [0.3, 0.4) is 0 Å². The molecule has 2 aliphatic rings. The van der Waals surface area contributed by atoms with Crippen LogP contribution in [0.1, 0.15) is 27.7 Å². The van der Waals surface area contributed by atoms with E-state index in [4.69, 9.17) is 0 Å². The van der Waals surface area contributed by atoms with E-state index in [1.165, 1.54) is 0 Å². The van der Waals surface area contributed by atoms with Gasteiger partial charge in [-0.1, -0.05) is 27.7 Å². The van der Waals surface area contributed by atoms with Crippen molar-refractivity contribution in [3.63, 3.8) is 0 Å². The molecule has 0 aliphatic carbocycles. The minimum atomic E-state index is -0.00935. The van der Waals surface area contributed by atoms with Crippen molar-refractivity contribution in [3.05, 3.63) is 12.2 Å². The van der Waals surface area contributed by atoms with Crippen LogP contribution in [0.15, 0.2) is 27.4 Å². The first-order chi connectivity index (χ1) is 7.08. The number of nitrogens with zero attached hydrogens (tertiary/aromatic N) is 4. The summed E-state index contributed by atoms with van der Waals surface area (Å²) < 4.78 is 0. The van der Waals surface area contributed by atoms with Crippen molar-refractivity contribution >= 4 is 11.5 Å². The average Bonchev–Trinajstić information content (AvgIpc) is 2.59. The number of amidine groups is 1. The van der Waals surface area contributed by atoms with Crippen LogP contribution >= 0.6 is 0 Å². The van der Waals surface area contributed by atoms with Gasteiger partial charge in [-0.2, -0.15) is 4.99 Å². The summed E-state index contributed by atoms with van der Waals surface area (Å²) >= 11 is 0. The van der Waals surface area contributed by atoms with Crippen molar-refractivity contribution in [1.29, 1.82) is 0 Å². The Morgan fingerprint density at radius 1 is 1.20 bits per heavy atom. The second kappa shape index (κ2) is 3.68. The van der Waals surface area contributed by atoms with Crippen molar-refractivity contribution in [2.45, 2.75) is 33.9 Å². The number of fused-ring (bicyclic) bond motifs is 1. The predicted octanol–water partition coefficient (Wildman–Crippen LogP) is 2.43. The summed E-state index contributed by atoms with van der Waals surface area (Å²) in [6.45, 7) is 8.45. The molecule has 1 unspecified atom stereocenters. The molecule has 4 heteroatoms. The van der Waals surface area contributed by atoms with Crippen LogP contribution in [0.4, 0.5) is 0 Å². The molecule has 0 saturated heterocycles. The van der Waals surface area contributed by atoms with E-state index in [0.717, 1.165) is 11.5 Å². The zero-order valence-electron chi connectivity index (χ0n) is 9.68. The van der Waals surface area contributed by atoms with Crippen molar-refractivity contribution in [1.82, 2.24) is 0 Å². The van der Waals surface area contributed by atoms with E-state index < -0.39 is 0 Å². The predicted molar refractivity (Wildman–Crippen MR) is 60.2 cm³/mol. The molecule has 0 bridgehead atoms. The number of aliphatic imine (C=N–C) groups is 1. The SMILES string of the molecule is CC(C)C1=N[N+]2=NC(C(C)C)=NC2C=C1. The van der Waals surface area contributed by atoms with Gasteiger partial charge in [0.25, 0.3) is 0 Å². The first-order valence-corrected chi connectivity index (χ1v) is 5.43. The molecule has 0 saturated carbocycles. The molecule has 0 spiro atoms. The minimum Gasteiger partial charge on any atom is -0.187 e. The Labute approximate surface area is 90.1 Å². The number of hydrogen-bond donors (Lipinski definition) is 0. The Hall–Kier alpha value is -1.32. The molecule has 0 N–H and O–H groups in total. The maximum absolute atomic E-state index is 4.49. The Balaban J connectivity index is 2.26. The molecule has 0 aromatic heterocycles. The Morgan fingerprint density at radius 3 is 2.53 bits per heavy atom. The highest BCUT2D eigenvalue weighted by atomic mass is 15.6. The molecule has 0 aromatic rings. The van der Waals surface area contributed by atoms with Gasteiger partial charge >= 0.3 is 6.17 Å². The van der Waals surface area contributed by atoms with Gasteiger partial charge in [-0.25, -0.2) is 0 Å². The minimum absolute atomic E-state index is 0.00935. The number of allylic oxidation sites excluding steroid dienone is 1. The lowest BCUT2D eigenvalue weighted by Gasteiger charge is -2.05. The van der Waals surface area contributed by atoms with Gasteiger partial charge in [0.1, 0.15) is 5.71 Å². The van der Waals surface area contributed by atoms with Gasteiger partial charge in [0.05, 0.1) is 4.81 Å². The van der Waals surface area contributed by atoms with E-state index in [-0.39, 0.29) is 6.17 Å². The van der Waals surface area contributed by atoms with Gasteiger partial charge in [-0.3, -0.25) is 0 Å². The van der Waals surface area contributed by atoms with Gasteiger partial charge in [-0.05, 0) is 6.08 Å². The molecule has 0 radical (unpaired) electrons. The zero-order valence-corrected chi connectivity index (χ0v) is 9.68. The summed E-state index contributed by atoms with van der Waals surface area (Å²) in [5, 5.41) is 8.84. The number of rotatable bonds is 2. The number of hydrogen-bond acceptors (Lipinski definition) is 3. The van der Waals surface area contributed by atoms with Crippen LogP contribution < -0.4 is 0 Å². The van der Waals surface area contributed by atoms with E-state index in [9.17, 15) is 0 Å². The molecule has 2 heterocycles. The van der Waals surface area contributed by atoms with E-state index in [0.29, 0.717) is 11.8 Å². The van der Waals surface area contributed by atoms with Gasteiger partial charge < -0.3 is 0 Å². The highest BCUT2D eigenvalue weighted by molar-refractivity contribution is 5.96. The maximum Gasteiger partial charge on any atom is 0.324 e. The molecule has 1 atom stereocenters. The van der Waals surface area contributed by atoms with E-state index in [1.54, 1.807) is 4.81 Å². The summed E-state index contributed by atoms with van der Waals surface area (Å²) in [7, 11) is 0. The van der Waals surface area contributed by atoms with Crippen LogP contribution in [0, 0.1) is 11.8 Å². The van der Waals surface area contributed by atoms with Gasteiger partial charge in [-0.15, -0.1) is 0 Å². The number of hydrazone groups is 1.